The lowest BCUT2D eigenvalue weighted by atomic mass is 9.95. The number of hydrogen-bond donors (Lipinski definition) is 1. The molecule has 1 unspecified atom stereocenters. The van der Waals surface area contributed by atoms with Crippen molar-refractivity contribution in [2.75, 3.05) is 0 Å². The van der Waals surface area contributed by atoms with Crippen LogP contribution in [-0.4, -0.2) is 27.0 Å². The Morgan fingerprint density at radius 3 is 2.81 bits per heavy atom. The molecule has 0 radical (unpaired) electrons. The van der Waals surface area contributed by atoms with E-state index >= 15 is 0 Å². The van der Waals surface area contributed by atoms with Gasteiger partial charge >= 0.3 is 6.03 Å². The second-order valence-corrected chi connectivity index (χ2v) is 7.07. The van der Waals surface area contributed by atoms with Crippen LogP contribution in [0.5, 0.6) is 0 Å². The number of benzene rings is 1. The van der Waals surface area contributed by atoms with Crippen molar-refractivity contribution < 1.29 is 14.1 Å². The summed E-state index contributed by atoms with van der Waals surface area (Å²) in [4.78, 5) is 30.6. The summed E-state index contributed by atoms with van der Waals surface area (Å²) in [5.41, 5.74) is 1.55. The Morgan fingerprint density at radius 1 is 1.27 bits per heavy atom. The molecule has 3 heterocycles. The van der Waals surface area contributed by atoms with Crippen molar-refractivity contribution in [2.45, 2.75) is 25.9 Å². The fourth-order valence-corrected chi connectivity index (χ4v) is 3.74. The normalized spacial score (nSPS) is 19.8. The van der Waals surface area contributed by atoms with Crippen molar-refractivity contribution in [2.24, 2.45) is 0 Å². The SMILES string of the molecule is Cc1ccccc1-c1noc(CN2C(=O)NC(C)(c3ccsc3)C2=O)n1. The third-order valence-corrected chi connectivity index (χ3v) is 5.20. The summed E-state index contributed by atoms with van der Waals surface area (Å²) in [5.74, 6) is 0.309. The van der Waals surface area contributed by atoms with Crippen LogP contribution in [0.2, 0.25) is 0 Å². The van der Waals surface area contributed by atoms with Crippen LogP contribution >= 0.6 is 11.3 Å². The van der Waals surface area contributed by atoms with Crippen molar-refractivity contribution in [1.29, 1.82) is 0 Å². The van der Waals surface area contributed by atoms with Crippen LogP contribution in [0.15, 0.2) is 45.6 Å². The third-order valence-electron chi connectivity index (χ3n) is 4.52. The number of nitrogens with zero attached hydrogens (tertiary/aromatic N) is 3. The van der Waals surface area contributed by atoms with Crippen molar-refractivity contribution >= 4 is 23.3 Å². The molecule has 1 N–H and O–H groups in total. The Kier molecular flexibility index (Phi) is 3.84. The molecular formula is C18H16N4O3S. The highest BCUT2D eigenvalue weighted by Crippen LogP contribution is 2.31. The van der Waals surface area contributed by atoms with E-state index in [1.807, 2.05) is 48.0 Å². The molecule has 3 amide bonds. The van der Waals surface area contributed by atoms with Gasteiger partial charge in [0.15, 0.2) is 0 Å². The van der Waals surface area contributed by atoms with Crippen molar-refractivity contribution in [3.05, 3.63) is 58.1 Å². The zero-order valence-electron chi connectivity index (χ0n) is 14.2. The molecule has 0 bridgehead atoms. The highest BCUT2D eigenvalue weighted by molar-refractivity contribution is 7.08. The molecule has 0 spiro atoms. The van der Waals surface area contributed by atoms with Crippen LogP contribution in [0, 0.1) is 6.92 Å². The third kappa shape index (κ3) is 2.59. The molecule has 26 heavy (non-hydrogen) atoms. The first-order chi connectivity index (χ1) is 12.5. The van der Waals surface area contributed by atoms with Crippen LogP contribution in [0.3, 0.4) is 0 Å². The predicted molar refractivity (Wildman–Crippen MR) is 95.2 cm³/mol. The minimum absolute atomic E-state index is 0.0662. The number of amides is 3. The molecular weight excluding hydrogens is 352 g/mol. The second kappa shape index (κ2) is 6.06. The first-order valence-corrected chi connectivity index (χ1v) is 8.99. The smallest absolute Gasteiger partial charge is 0.325 e. The van der Waals surface area contributed by atoms with E-state index in [0.29, 0.717) is 5.82 Å². The Labute approximate surface area is 153 Å². The molecule has 1 saturated heterocycles. The van der Waals surface area contributed by atoms with Gasteiger partial charge in [-0.25, -0.2) is 4.79 Å². The lowest BCUT2D eigenvalue weighted by Gasteiger charge is -2.20. The Balaban J connectivity index is 1.58. The molecule has 8 heteroatoms. The number of aromatic nitrogens is 2. The van der Waals surface area contributed by atoms with E-state index in [0.717, 1.165) is 21.6 Å². The molecule has 1 fully saturated rings. The van der Waals surface area contributed by atoms with Gasteiger partial charge in [0.1, 0.15) is 12.1 Å². The Hall–Kier alpha value is -3.00. The quantitative estimate of drug-likeness (QED) is 0.715. The standard InChI is InChI=1S/C18H16N4O3S/c1-11-5-3-4-6-13(11)15-19-14(25-21-15)9-22-16(23)18(2,20-17(22)24)12-7-8-26-10-12/h3-8,10H,9H2,1-2H3,(H,20,24). The summed E-state index contributed by atoms with van der Waals surface area (Å²) in [6.07, 6.45) is 0. The zero-order chi connectivity index (χ0) is 18.3. The monoisotopic (exact) mass is 368 g/mol. The molecule has 0 saturated carbocycles. The summed E-state index contributed by atoms with van der Waals surface area (Å²) in [6, 6.07) is 9.02. The lowest BCUT2D eigenvalue weighted by Crippen LogP contribution is -2.40. The number of rotatable bonds is 4. The van der Waals surface area contributed by atoms with Gasteiger partial charge < -0.3 is 9.84 Å². The van der Waals surface area contributed by atoms with Crippen molar-refractivity contribution in [3.8, 4) is 11.4 Å². The van der Waals surface area contributed by atoms with E-state index in [1.165, 1.54) is 11.3 Å². The van der Waals surface area contributed by atoms with E-state index in [-0.39, 0.29) is 18.3 Å². The molecule has 0 aliphatic carbocycles. The predicted octanol–water partition coefficient (Wildman–Crippen LogP) is 3.07. The number of nitrogens with one attached hydrogen (secondary N) is 1. The van der Waals surface area contributed by atoms with Gasteiger partial charge in [-0.05, 0) is 41.8 Å². The molecule has 4 rings (SSSR count). The van der Waals surface area contributed by atoms with Gasteiger partial charge in [0.25, 0.3) is 5.91 Å². The number of urea groups is 1. The van der Waals surface area contributed by atoms with E-state index in [4.69, 9.17) is 4.52 Å². The van der Waals surface area contributed by atoms with Gasteiger partial charge in [-0.3, -0.25) is 9.69 Å². The molecule has 132 valence electrons. The van der Waals surface area contributed by atoms with E-state index in [2.05, 4.69) is 15.5 Å². The molecule has 1 aliphatic heterocycles. The van der Waals surface area contributed by atoms with Crippen LogP contribution in [-0.2, 0) is 16.9 Å². The highest BCUT2D eigenvalue weighted by atomic mass is 32.1. The van der Waals surface area contributed by atoms with Gasteiger partial charge in [-0.15, -0.1) is 0 Å². The van der Waals surface area contributed by atoms with Crippen LogP contribution in [0.25, 0.3) is 11.4 Å². The zero-order valence-corrected chi connectivity index (χ0v) is 15.0. The summed E-state index contributed by atoms with van der Waals surface area (Å²) < 4.78 is 5.26. The second-order valence-electron chi connectivity index (χ2n) is 6.29. The minimum Gasteiger partial charge on any atom is -0.337 e. The number of imide groups is 1. The van der Waals surface area contributed by atoms with E-state index < -0.39 is 11.6 Å². The van der Waals surface area contributed by atoms with Gasteiger partial charge in [-0.1, -0.05) is 29.4 Å². The van der Waals surface area contributed by atoms with Crippen LogP contribution in [0.1, 0.15) is 23.9 Å². The molecule has 1 aliphatic rings. The average molecular weight is 368 g/mol. The summed E-state index contributed by atoms with van der Waals surface area (Å²) in [7, 11) is 0. The number of hydrogen-bond acceptors (Lipinski definition) is 6. The summed E-state index contributed by atoms with van der Waals surface area (Å²) in [6.45, 7) is 3.58. The topological polar surface area (TPSA) is 88.3 Å². The lowest BCUT2D eigenvalue weighted by molar-refractivity contribution is -0.131. The minimum atomic E-state index is -1.07. The van der Waals surface area contributed by atoms with Gasteiger partial charge in [0, 0.05) is 5.56 Å². The number of carbonyl (C=O) groups excluding carboxylic acids is 2. The van der Waals surface area contributed by atoms with Crippen LogP contribution < -0.4 is 5.32 Å². The van der Waals surface area contributed by atoms with Gasteiger partial charge in [-0.2, -0.15) is 16.3 Å². The highest BCUT2D eigenvalue weighted by Gasteiger charge is 2.49. The number of thiophene rings is 1. The van der Waals surface area contributed by atoms with Gasteiger partial charge in [0.2, 0.25) is 11.7 Å². The van der Waals surface area contributed by atoms with E-state index in [9.17, 15) is 9.59 Å². The van der Waals surface area contributed by atoms with Gasteiger partial charge in [0.05, 0.1) is 0 Å². The van der Waals surface area contributed by atoms with E-state index in [1.54, 1.807) is 6.92 Å². The first-order valence-electron chi connectivity index (χ1n) is 8.04. The average Bonchev–Trinajstić information content (AvgIpc) is 3.34. The van der Waals surface area contributed by atoms with Crippen molar-refractivity contribution in [3.63, 3.8) is 0 Å². The fraction of sp³-hybridized carbons (Fsp3) is 0.222. The Morgan fingerprint density at radius 2 is 2.08 bits per heavy atom. The molecule has 1 atom stereocenters. The maximum Gasteiger partial charge on any atom is 0.325 e. The largest absolute Gasteiger partial charge is 0.337 e. The fourth-order valence-electron chi connectivity index (χ4n) is 2.97. The first kappa shape index (κ1) is 16.5. The molecule has 2 aromatic heterocycles. The maximum absolute atomic E-state index is 12.8. The molecule has 7 nitrogen and oxygen atoms in total. The Bertz CT molecular complexity index is 982. The summed E-state index contributed by atoms with van der Waals surface area (Å²) >= 11 is 1.47. The maximum atomic E-state index is 12.8. The summed E-state index contributed by atoms with van der Waals surface area (Å²) in [5, 5.41) is 10.4. The molecule has 3 aromatic rings. The molecule has 1 aromatic carbocycles. The van der Waals surface area contributed by atoms with Crippen molar-refractivity contribution in [1.82, 2.24) is 20.4 Å². The number of carbonyl (C=O) groups is 2. The number of aryl methyl sites for hydroxylation is 1. The van der Waals surface area contributed by atoms with Crippen LogP contribution in [0.4, 0.5) is 4.79 Å².